The summed E-state index contributed by atoms with van der Waals surface area (Å²) in [6, 6.07) is 20.1. The van der Waals surface area contributed by atoms with Crippen molar-refractivity contribution in [2.45, 2.75) is 68.7 Å². The predicted molar refractivity (Wildman–Crippen MR) is 123 cm³/mol. The van der Waals surface area contributed by atoms with E-state index in [1.165, 1.54) is 55.0 Å². The van der Waals surface area contributed by atoms with Crippen molar-refractivity contribution in [3.8, 4) is 0 Å². The zero-order chi connectivity index (χ0) is 20.3. The molecule has 29 heavy (non-hydrogen) atoms. The SMILES string of the molecule is CN(C)C1(c2ccccc2)CCC2(CCC(C)(C)c3c2[nH]c2ccccc32)CC1. The summed E-state index contributed by atoms with van der Waals surface area (Å²) in [6.07, 6.45) is 7.55. The Morgan fingerprint density at radius 3 is 2.07 bits per heavy atom. The highest BCUT2D eigenvalue weighted by atomic mass is 15.1. The molecule has 2 aliphatic carbocycles. The van der Waals surface area contributed by atoms with Gasteiger partial charge in [-0.15, -0.1) is 0 Å². The topological polar surface area (TPSA) is 19.0 Å². The van der Waals surface area contributed by atoms with E-state index in [4.69, 9.17) is 0 Å². The highest BCUT2D eigenvalue weighted by Crippen LogP contribution is 2.57. The van der Waals surface area contributed by atoms with Crippen molar-refractivity contribution in [3.05, 3.63) is 71.4 Å². The molecule has 1 N–H and O–H groups in total. The molecule has 1 aromatic heterocycles. The Balaban J connectivity index is 1.58. The molecule has 1 heterocycles. The van der Waals surface area contributed by atoms with Gasteiger partial charge in [0.1, 0.15) is 0 Å². The number of benzene rings is 2. The van der Waals surface area contributed by atoms with Crippen molar-refractivity contribution >= 4 is 10.9 Å². The van der Waals surface area contributed by atoms with E-state index in [2.05, 4.69) is 92.4 Å². The monoisotopic (exact) mass is 386 g/mol. The van der Waals surface area contributed by atoms with Crippen LogP contribution in [0.5, 0.6) is 0 Å². The van der Waals surface area contributed by atoms with E-state index in [0.29, 0.717) is 5.41 Å². The molecule has 2 aliphatic rings. The lowest BCUT2D eigenvalue weighted by atomic mass is 9.56. The third-order valence-corrected chi connectivity index (χ3v) is 8.34. The number of aromatic nitrogens is 1. The first kappa shape index (κ1) is 18.9. The fourth-order valence-electron chi connectivity index (χ4n) is 6.43. The lowest BCUT2D eigenvalue weighted by molar-refractivity contribution is 0.0541. The second kappa shape index (κ2) is 6.47. The first-order valence-electron chi connectivity index (χ1n) is 11.2. The Morgan fingerprint density at radius 2 is 1.38 bits per heavy atom. The molecule has 0 atom stereocenters. The zero-order valence-corrected chi connectivity index (χ0v) is 18.4. The molecular formula is C27H34N2. The molecule has 0 radical (unpaired) electrons. The number of aromatic amines is 1. The van der Waals surface area contributed by atoms with Gasteiger partial charge in [-0.25, -0.2) is 0 Å². The van der Waals surface area contributed by atoms with E-state index in [1.807, 2.05) is 0 Å². The Labute approximate surface area is 175 Å². The minimum absolute atomic E-state index is 0.158. The molecule has 2 aromatic carbocycles. The van der Waals surface area contributed by atoms with E-state index in [0.717, 1.165) is 0 Å². The van der Waals surface area contributed by atoms with Crippen molar-refractivity contribution in [2.24, 2.45) is 0 Å². The molecule has 1 saturated carbocycles. The van der Waals surface area contributed by atoms with Gasteiger partial charge in [-0.2, -0.15) is 0 Å². The van der Waals surface area contributed by atoms with Crippen LogP contribution in [0, 0.1) is 0 Å². The average Bonchev–Trinajstić information content (AvgIpc) is 3.14. The van der Waals surface area contributed by atoms with Gasteiger partial charge in [0, 0.05) is 27.6 Å². The van der Waals surface area contributed by atoms with Gasteiger partial charge in [0.15, 0.2) is 0 Å². The van der Waals surface area contributed by atoms with E-state index < -0.39 is 0 Å². The van der Waals surface area contributed by atoms with E-state index >= 15 is 0 Å². The van der Waals surface area contributed by atoms with Crippen LogP contribution in [0.3, 0.4) is 0 Å². The Morgan fingerprint density at radius 1 is 0.759 bits per heavy atom. The zero-order valence-electron chi connectivity index (χ0n) is 18.4. The molecule has 0 aliphatic heterocycles. The van der Waals surface area contributed by atoms with E-state index in [1.54, 1.807) is 11.3 Å². The van der Waals surface area contributed by atoms with Crippen LogP contribution in [0.15, 0.2) is 54.6 Å². The van der Waals surface area contributed by atoms with Crippen molar-refractivity contribution in [1.82, 2.24) is 9.88 Å². The molecule has 0 amide bonds. The minimum Gasteiger partial charge on any atom is -0.358 e. The summed E-state index contributed by atoms with van der Waals surface area (Å²) in [5.74, 6) is 0. The third kappa shape index (κ3) is 2.72. The molecule has 2 heteroatoms. The van der Waals surface area contributed by atoms with Crippen LogP contribution in [0.25, 0.3) is 10.9 Å². The van der Waals surface area contributed by atoms with Crippen LogP contribution in [-0.4, -0.2) is 24.0 Å². The Bertz CT molecular complexity index is 1020. The van der Waals surface area contributed by atoms with Crippen molar-refractivity contribution in [1.29, 1.82) is 0 Å². The molecule has 1 spiro atoms. The van der Waals surface area contributed by atoms with Gasteiger partial charge in [-0.1, -0.05) is 62.4 Å². The Kier molecular flexibility index (Phi) is 4.22. The molecular weight excluding hydrogens is 352 g/mol. The van der Waals surface area contributed by atoms with E-state index in [-0.39, 0.29) is 11.0 Å². The van der Waals surface area contributed by atoms with Gasteiger partial charge in [-0.3, -0.25) is 4.90 Å². The smallest absolute Gasteiger partial charge is 0.0459 e. The predicted octanol–water partition coefficient (Wildman–Crippen LogP) is 6.51. The van der Waals surface area contributed by atoms with Crippen LogP contribution >= 0.6 is 0 Å². The molecule has 152 valence electrons. The first-order valence-corrected chi connectivity index (χ1v) is 11.2. The number of para-hydroxylation sites is 1. The maximum absolute atomic E-state index is 3.91. The van der Waals surface area contributed by atoms with Gasteiger partial charge in [0.25, 0.3) is 0 Å². The maximum Gasteiger partial charge on any atom is 0.0459 e. The lowest BCUT2D eigenvalue weighted by Gasteiger charge is -2.53. The number of hydrogen-bond acceptors (Lipinski definition) is 1. The number of H-pyrrole nitrogens is 1. The summed E-state index contributed by atoms with van der Waals surface area (Å²) in [4.78, 5) is 6.40. The van der Waals surface area contributed by atoms with Crippen LogP contribution in [0.4, 0.5) is 0 Å². The molecule has 3 aromatic rings. The third-order valence-electron chi connectivity index (χ3n) is 8.34. The van der Waals surface area contributed by atoms with Gasteiger partial charge >= 0.3 is 0 Å². The fourth-order valence-corrected chi connectivity index (χ4v) is 6.43. The van der Waals surface area contributed by atoms with Gasteiger partial charge < -0.3 is 4.98 Å². The quantitative estimate of drug-likeness (QED) is 0.532. The summed E-state index contributed by atoms with van der Waals surface area (Å²) in [5, 5.41) is 1.44. The standard InChI is InChI=1S/C27H34N2/c1-25(2)14-15-26(24-23(25)21-12-8-9-13-22(21)28-24)16-18-27(19-17-26,29(3)4)20-10-6-5-7-11-20/h5-13,28H,14-19H2,1-4H3. The minimum atomic E-state index is 0.158. The number of hydrogen-bond donors (Lipinski definition) is 1. The molecule has 0 saturated heterocycles. The number of rotatable bonds is 2. The second-order valence-corrected chi connectivity index (χ2v) is 10.4. The van der Waals surface area contributed by atoms with Gasteiger partial charge in [-0.05, 0) is 75.2 Å². The largest absolute Gasteiger partial charge is 0.358 e. The van der Waals surface area contributed by atoms with Crippen LogP contribution in [0.2, 0.25) is 0 Å². The van der Waals surface area contributed by atoms with Crippen LogP contribution in [0.1, 0.15) is 69.2 Å². The summed E-state index contributed by atoms with van der Waals surface area (Å²) < 4.78 is 0. The normalized spacial score (nSPS) is 28.7. The van der Waals surface area contributed by atoms with Crippen molar-refractivity contribution in [2.75, 3.05) is 14.1 Å². The molecule has 1 fully saturated rings. The van der Waals surface area contributed by atoms with Gasteiger partial charge in [0.2, 0.25) is 0 Å². The van der Waals surface area contributed by atoms with Gasteiger partial charge in [0.05, 0.1) is 0 Å². The highest BCUT2D eigenvalue weighted by Gasteiger charge is 2.50. The molecule has 5 rings (SSSR count). The average molecular weight is 387 g/mol. The second-order valence-electron chi connectivity index (χ2n) is 10.4. The summed E-state index contributed by atoms with van der Waals surface area (Å²) in [6.45, 7) is 4.88. The molecule has 2 nitrogen and oxygen atoms in total. The number of fused-ring (bicyclic) bond motifs is 4. The number of nitrogens with one attached hydrogen (secondary N) is 1. The Hall–Kier alpha value is -2.06. The van der Waals surface area contributed by atoms with Crippen molar-refractivity contribution < 1.29 is 0 Å². The van der Waals surface area contributed by atoms with Crippen LogP contribution in [-0.2, 0) is 16.4 Å². The summed E-state index contributed by atoms with van der Waals surface area (Å²) in [5.41, 5.74) is 6.65. The lowest BCUT2D eigenvalue weighted by Crippen LogP contribution is -2.49. The molecule has 0 unspecified atom stereocenters. The van der Waals surface area contributed by atoms with Crippen LogP contribution < -0.4 is 0 Å². The summed E-state index contributed by atoms with van der Waals surface area (Å²) >= 11 is 0. The van der Waals surface area contributed by atoms with Crippen molar-refractivity contribution in [3.63, 3.8) is 0 Å². The fraction of sp³-hybridized carbons (Fsp3) is 0.481. The number of nitrogens with zero attached hydrogens (tertiary/aromatic N) is 1. The summed E-state index contributed by atoms with van der Waals surface area (Å²) in [7, 11) is 4.53. The first-order chi connectivity index (χ1) is 13.9. The van der Waals surface area contributed by atoms with E-state index in [9.17, 15) is 0 Å². The highest BCUT2D eigenvalue weighted by molar-refractivity contribution is 5.86. The maximum atomic E-state index is 3.91. The molecule has 0 bridgehead atoms.